The van der Waals surface area contributed by atoms with E-state index >= 15 is 0 Å². The second-order valence-electron chi connectivity index (χ2n) is 7.10. The molecule has 2 unspecified atom stereocenters. The van der Waals surface area contributed by atoms with Crippen LogP contribution in [0.5, 0.6) is 0 Å². The molecule has 0 aromatic carbocycles. The summed E-state index contributed by atoms with van der Waals surface area (Å²) in [5, 5.41) is 0. The fourth-order valence-electron chi connectivity index (χ4n) is 4.03. The molecule has 0 radical (unpaired) electrons. The zero-order valence-electron chi connectivity index (χ0n) is 14.4. The van der Waals surface area contributed by atoms with Crippen LogP contribution in [-0.4, -0.2) is 48.3 Å². The Hall–Kier alpha value is -1.06. The first-order chi connectivity index (χ1) is 10.6. The molecular weight excluding hydrogens is 276 g/mol. The van der Waals surface area contributed by atoms with Crippen molar-refractivity contribution < 1.29 is 9.59 Å². The number of fused-ring (bicyclic) bond motifs is 1. The van der Waals surface area contributed by atoms with Gasteiger partial charge < -0.3 is 9.80 Å². The second kappa shape index (κ2) is 8.54. The molecule has 2 fully saturated rings. The Morgan fingerprint density at radius 1 is 1.09 bits per heavy atom. The predicted molar refractivity (Wildman–Crippen MR) is 88.4 cm³/mol. The third-order valence-electron chi connectivity index (χ3n) is 5.41. The minimum absolute atomic E-state index is 0.167. The van der Waals surface area contributed by atoms with Gasteiger partial charge in [0, 0.05) is 39.5 Å². The number of carbonyl (C=O) groups excluding carboxylic acids is 2. The summed E-state index contributed by atoms with van der Waals surface area (Å²) in [5.41, 5.74) is 0. The molecule has 2 amide bonds. The molecule has 1 aliphatic carbocycles. The van der Waals surface area contributed by atoms with Gasteiger partial charge in [-0.05, 0) is 37.5 Å². The topological polar surface area (TPSA) is 40.6 Å². The summed E-state index contributed by atoms with van der Waals surface area (Å²) in [4.78, 5) is 28.1. The van der Waals surface area contributed by atoms with E-state index in [0.29, 0.717) is 19.3 Å². The van der Waals surface area contributed by atoms with E-state index in [9.17, 15) is 9.59 Å². The highest BCUT2D eigenvalue weighted by Gasteiger charge is 2.32. The summed E-state index contributed by atoms with van der Waals surface area (Å²) in [6.07, 6.45) is 9.28. The van der Waals surface area contributed by atoms with E-state index in [0.717, 1.165) is 37.9 Å². The van der Waals surface area contributed by atoms with Gasteiger partial charge in [-0.25, -0.2) is 0 Å². The zero-order chi connectivity index (χ0) is 15.9. The van der Waals surface area contributed by atoms with Crippen molar-refractivity contribution in [3.05, 3.63) is 0 Å². The molecule has 1 saturated carbocycles. The third kappa shape index (κ3) is 4.72. The Morgan fingerprint density at radius 2 is 1.82 bits per heavy atom. The van der Waals surface area contributed by atoms with E-state index in [-0.39, 0.29) is 11.8 Å². The Kier molecular flexibility index (Phi) is 6.71. The smallest absolute Gasteiger partial charge is 0.222 e. The van der Waals surface area contributed by atoms with E-state index in [4.69, 9.17) is 0 Å². The summed E-state index contributed by atoms with van der Waals surface area (Å²) < 4.78 is 0. The van der Waals surface area contributed by atoms with Gasteiger partial charge in [0.2, 0.25) is 11.8 Å². The van der Waals surface area contributed by atoms with Crippen LogP contribution in [0.4, 0.5) is 0 Å². The van der Waals surface area contributed by atoms with Gasteiger partial charge in [0.15, 0.2) is 0 Å². The molecule has 4 nitrogen and oxygen atoms in total. The first-order valence-electron chi connectivity index (χ1n) is 9.13. The highest BCUT2D eigenvalue weighted by molar-refractivity contribution is 5.79. The fraction of sp³-hybridized carbons (Fsp3) is 0.889. The normalized spacial score (nSPS) is 24.7. The van der Waals surface area contributed by atoms with Crippen molar-refractivity contribution in [1.82, 2.24) is 9.80 Å². The van der Waals surface area contributed by atoms with E-state index in [2.05, 4.69) is 11.8 Å². The summed E-state index contributed by atoms with van der Waals surface area (Å²) in [5.74, 6) is 2.03. The van der Waals surface area contributed by atoms with Crippen LogP contribution in [0.2, 0.25) is 0 Å². The Labute approximate surface area is 135 Å². The molecule has 0 bridgehead atoms. The van der Waals surface area contributed by atoms with E-state index in [1.807, 2.05) is 7.05 Å². The predicted octanol–water partition coefficient (Wildman–Crippen LogP) is 3.06. The lowest BCUT2D eigenvalue weighted by Crippen LogP contribution is -2.44. The average Bonchev–Trinajstić information content (AvgIpc) is 2.54. The van der Waals surface area contributed by atoms with Crippen LogP contribution in [0, 0.1) is 11.8 Å². The molecule has 4 heteroatoms. The minimum atomic E-state index is 0.167. The summed E-state index contributed by atoms with van der Waals surface area (Å²) in [6.45, 7) is 4.78. The molecule has 1 aliphatic heterocycles. The van der Waals surface area contributed by atoms with Crippen molar-refractivity contribution in [2.24, 2.45) is 11.8 Å². The molecule has 2 atom stereocenters. The molecule has 1 heterocycles. The molecule has 126 valence electrons. The van der Waals surface area contributed by atoms with Crippen LogP contribution in [0.15, 0.2) is 0 Å². The average molecular weight is 308 g/mol. The maximum absolute atomic E-state index is 12.4. The molecule has 0 aromatic rings. The third-order valence-corrected chi connectivity index (χ3v) is 5.41. The maximum Gasteiger partial charge on any atom is 0.222 e. The minimum Gasteiger partial charge on any atom is -0.346 e. The first-order valence-corrected chi connectivity index (χ1v) is 9.13. The SMILES string of the molecule is CCCN(C)C(=O)CCCC(=O)N1CCC2CCCCC2C1. The van der Waals surface area contributed by atoms with Gasteiger partial charge in [0.25, 0.3) is 0 Å². The van der Waals surface area contributed by atoms with Gasteiger partial charge in [-0.1, -0.05) is 26.2 Å². The van der Waals surface area contributed by atoms with E-state index < -0.39 is 0 Å². The Balaban J connectivity index is 1.68. The van der Waals surface area contributed by atoms with Crippen molar-refractivity contribution >= 4 is 11.8 Å². The van der Waals surface area contributed by atoms with E-state index in [1.165, 1.54) is 32.1 Å². The number of nitrogens with zero attached hydrogens (tertiary/aromatic N) is 2. The van der Waals surface area contributed by atoms with Gasteiger partial charge in [0.05, 0.1) is 0 Å². The lowest BCUT2D eigenvalue weighted by Gasteiger charge is -2.41. The molecular formula is C18H32N2O2. The quantitative estimate of drug-likeness (QED) is 0.756. The van der Waals surface area contributed by atoms with Gasteiger partial charge in [-0.2, -0.15) is 0 Å². The number of piperidine rings is 1. The molecule has 0 N–H and O–H groups in total. The number of hydrogen-bond donors (Lipinski definition) is 0. The van der Waals surface area contributed by atoms with Gasteiger partial charge in [0.1, 0.15) is 0 Å². The summed E-state index contributed by atoms with van der Waals surface area (Å²) in [7, 11) is 1.85. The van der Waals surface area contributed by atoms with Crippen LogP contribution in [-0.2, 0) is 9.59 Å². The van der Waals surface area contributed by atoms with Gasteiger partial charge >= 0.3 is 0 Å². The maximum atomic E-state index is 12.4. The molecule has 2 rings (SSSR count). The number of carbonyl (C=O) groups is 2. The van der Waals surface area contributed by atoms with Crippen molar-refractivity contribution in [1.29, 1.82) is 0 Å². The first kappa shape index (κ1) is 17.3. The Bertz CT molecular complexity index is 383. The number of likely N-dealkylation sites (tertiary alicyclic amines) is 1. The number of rotatable bonds is 6. The fourth-order valence-corrected chi connectivity index (χ4v) is 4.03. The summed E-state index contributed by atoms with van der Waals surface area (Å²) >= 11 is 0. The van der Waals surface area contributed by atoms with Crippen LogP contribution in [0.1, 0.15) is 64.7 Å². The highest BCUT2D eigenvalue weighted by atomic mass is 16.2. The molecule has 2 aliphatic rings. The van der Waals surface area contributed by atoms with Crippen molar-refractivity contribution in [2.75, 3.05) is 26.7 Å². The molecule has 0 spiro atoms. The lowest BCUT2D eigenvalue weighted by molar-refractivity contribution is -0.134. The molecule has 0 aromatic heterocycles. The number of hydrogen-bond acceptors (Lipinski definition) is 2. The lowest BCUT2D eigenvalue weighted by atomic mass is 9.75. The Morgan fingerprint density at radius 3 is 2.55 bits per heavy atom. The molecule has 1 saturated heterocycles. The monoisotopic (exact) mass is 308 g/mol. The standard InChI is InChI=1S/C18H32N2O2/c1-3-12-19(2)17(21)9-6-10-18(22)20-13-11-15-7-4-5-8-16(15)14-20/h15-16H,3-14H2,1-2H3. The van der Waals surface area contributed by atoms with Crippen LogP contribution in [0.25, 0.3) is 0 Å². The van der Waals surface area contributed by atoms with Crippen molar-refractivity contribution in [2.45, 2.75) is 64.7 Å². The molecule has 22 heavy (non-hydrogen) atoms. The van der Waals surface area contributed by atoms with Gasteiger partial charge in [-0.15, -0.1) is 0 Å². The zero-order valence-corrected chi connectivity index (χ0v) is 14.4. The van der Waals surface area contributed by atoms with Crippen LogP contribution >= 0.6 is 0 Å². The van der Waals surface area contributed by atoms with E-state index in [1.54, 1.807) is 4.90 Å². The summed E-state index contributed by atoms with van der Waals surface area (Å²) in [6, 6.07) is 0. The second-order valence-corrected chi connectivity index (χ2v) is 7.10. The van der Waals surface area contributed by atoms with Gasteiger partial charge in [-0.3, -0.25) is 9.59 Å². The number of amides is 2. The largest absolute Gasteiger partial charge is 0.346 e. The van der Waals surface area contributed by atoms with Crippen molar-refractivity contribution in [3.8, 4) is 0 Å². The highest BCUT2D eigenvalue weighted by Crippen LogP contribution is 2.36. The van der Waals surface area contributed by atoms with Crippen LogP contribution in [0.3, 0.4) is 0 Å². The van der Waals surface area contributed by atoms with Crippen molar-refractivity contribution in [3.63, 3.8) is 0 Å². The van der Waals surface area contributed by atoms with Crippen LogP contribution < -0.4 is 0 Å².